The number of benzene rings is 1. The van der Waals surface area contributed by atoms with Crippen LogP contribution in [-0.2, 0) is 11.4 Å². The molecule has 1 unspecified atom stereocenters. The molecule has 0 aliphatic rings. The van der Waals surface area contributed by atoms with Crippen molar-refractivity contribution in [3.8, 4) is 0 Å². The fourth-order valence-electron chi connectivity index (χ4n) is 1.04. The Balaban J connectivity index is 2.20. The van der Waals surface area contributed by atoms with Crippen molar-refractivity contribution in [3.63, 3.8) is 0 Å². The van der Waals surface area contributed by atoms with Gasteiger partial charge in [0.2, 0.25) is 0 Å². The molecule has 4 heteroatoms. The standard InChI is InChI=1S/C12H18N2O2/c1-3-10(2)14-16-12(15)13-9-11-7-5-4-6-8-11/h4-8,10,14H,3,9H2,1-2H3,(H,13,15). The molecule has 0 aliphatic carbocycles. The molecule has 1 aromatic carbocycles. The quantitative estimate of drug-likeness (QED) is 0.751. The third kappa shape index (κ3) is 4.79. The van der Waals surface area contributed by atoms with Crippen LogP contribution in [0.4, 0.5) is 4.79 Å². The van der Waals surface area contributed by atoms with Gasteiger partial charge < -0.3 is 10.2 Å². The van der Waals surface area contributed by atoms with Crippen LogP contribution in [0.2, 0.25) is 0 Å². The van der Waals surface area contributed by atoms with Gasteiger partial charge >= 0.3 is 6.09 Å². The van der Waals surface area contributed by atoms with Gasteiger partial charge in [0.15, 0.2) is 0 Å². The molecule has 0 heterocycles. The van der Waals surface area contributed by atoms with Crippen molar-refractivity contribution in [2.24, 2.45) is 0 Å². The Labute approximate surface area is 95.9 Å². The zero-order valence-electron chi connectivity index (χ0n) is 9.69. The average molecular weight is 222 g/mol. The summed E-state index contributed by atoms with van der Waals surface area (Å²) in [5, 5.41) is 2.65. The van der Waals surface area contributed by atoms with E-state index in [1.807, 2.05) is 44.2 Å². The summed E-state index contributed by atoms with van der Waals surface area (Å²) in [7, 11) is 0. The first kappa shape index (κ1) is 12.5. The van der Waals surface area contributed by atoms with E-state index in [1.165, 1.54) is 0 Å². The van der Waals surface area contributed by atoms with E-state index in [0.717, 1.165) is 12.0 Å². The summed E-state index contributed by atoms with van der Waals surface area (Å²) in [4.78, 5) is 16.1. The molecule has 0 saturated carbocycles. The van der Waals surface area contributed by atoms with E-state index in [-0.39, 0.29) is 6.04 Å². The van der Waals surface area contributed by atoms with Crippen LogP contribution in [0.1, 0.15) is 25.8 Å². The highest BCUT2D eigenvalue weighted by Crippen LogP contribution is 1.97. The van der Waals surface area contributed by atoms with Crippen molar-refractivity contribution in [1.82, 2.24) is 10.8 Å². The molecule has 0 radical (unpaired) electrons. The average Bonchev–Trinajstić information content (AvgIpc) is 2.34. The van der Waals surface area contributed by atoms with Gasteiger partial charge in [0.05, 0.1) is 0 Å². The number of hydroxylamine groups is 1. The molecule has 4 nitrogen and oxygen atoms in total. The van der Waals surface area contributed by atoms with E-state index in [1.54, 1.807) is 0 Å². The zero-order chi connectivity index (χ0) is 11.8. The maximum absolute atomic E-state index is 11.2. The van der Waals surface area contributed by atoms with Gasteiger partial charge in [-0.25, -0.2) is 4.79 Å². The maximum Gasteiger partial charge on any atom is 0.426 e. The smallest absolute Gasteiger partial charge is 0.354 e. The Bertz CT molecular complexity index is 314. The maximum atomic E-state index is 11.2. The molecule has 1 aromatic rings. The van der Waals surface area contributed by atoms with Crippen molar-refractivity contribution in [2.45, 2.75) is 32.9 Å². The molecule has 2 N–H and O–H groups in total. The minimum Gasteiger partial charge on any atom is -0.354 e. The van der Waals surface area contributed by atoms with Crippen LogP contribution in [0.3, 0.4) is 0 Å². The molecule has 0 aliphatic heterocycles. The lowest BCUT2D eigenvalue weighted by Crippen LogP contribution is -2.34. The number of amides is 1. The van der Waals surface area contributed by atoms with Crippen LogP contribution < -0.4 is 10.8 Å². The summed E-state index contributed by atoms with van der Waals surface area (Å²) in [5.41, 5.74) is 3.70. The van der Waals surface area contributed by atoms with Gasteiger partial charge in [-0.15, -0.1) is 5.48 Å². The minimum absolute atomic E-state index is 0.169. The Kier molecular flexibility index (Phi) is 5.36. The SMILES string of the molecule is CCC(C)NOC(=O)NCc1ccccc1. The second-order valence-electron chi connectivity index (χ2n) is 3.66. The second kappa shape index (κ2) is 6.85. The largest absolute Gasteiger partial charge is 0.426 e. The summed E-state index contributed by atoms with van der Waals surface area (Å²) in [6, 6.07) is 9.86. The zero-order valence-corrected chi connectivity index (χ0v) is 9.69. The van der Waals surface area contributed by atoms with E-state index in [0.29, 0.717) is 6.54 Å². The number of hydrogen-bond acceptors (Lipinski definition) is 3. The molecule has 1 rings (SSSR count). The van der Waals surface area contributed by atoms with Gasteiger partial charge in [0.1, 0.15) is 0 Å². The molecule has 0 spiro atoms. The molecule has 1 amide bonds. The van der Waals surface area contributed by atoms with Crippen molar-refractivity contribution in [1.29, 1.82) is 0 Å². The number of carbonyl (C=O) groups is 1. The van der Waals surface area contributed by atoms with Crippen LogP contribution in [0, 0.1) is 0 Å². The van der Waals surface area contributed by atoms with E-state index in [9.17, 15) is 4.79 Å². The van der Waals surface area contributed by atoms with Crippen LogP contribution in [0.25, 0.3) is 0 Å². The molecule has 0 aromatic heterocycles. The van der Waals surface area contributed by atoms with Gasteiger partial charge in [-0.05, 0) is 18.9 Å². The predicted molar refractivity (Wildman–Crippen MR) is 62.7 cm³/mol. The van der Waals surface area contributed by atoms with E-state index in [2.05, 4.69) is 10.8 Å². The number of rotatable bonds is 5. The van der Waals surface area contributed by atoms with E-state index < -0.39 is 6.09 Å². The molecular formula is C12H18N2O2. The summed E-state index contributed by atoms with van der Waals surface area (Å²) in [6.07, 6.45) is 0.454. The lowest BCUT2D eigenvalue weighted by molar-refractivity contribution is 0.0708. The summed E-state index contributed by atoms with van der Waals surface area (Å²) < 4.78 is 0. The lowest BCUT2D eigenvalue weighted by atomic mass is 10.2. The van der Waals surface area contributed by atoms with Gasteiger partial charge in [0, 0.05) is 12.6 Å². The molecule has 0 saturated heterocycles. The number of carbonyl (C=O) groups excluding carboxylic acids is 1. The Morgan fingerprint density at radius 1 is 1.38 bits per heavy atom. The van der Waals surface area contributed by atoms with Crippen LogP contribution in [0.5, 0.6) is 0 Å². The van der Waals surface area contributed by atoms with Crippen LogP contribution in [-0.4, -0.2) is 12.1 Å². The first-order valence-electron chi connectivity index (χ1n) is 5.46. The first-order valence-corrected chi connectivity index (χ1v) is 5.46. The Hall–Kier alpha value is -1.55. The lowest BCUT2D eigenvalue weighted by Gasteiger charge is -2.11. The molecule has 16 heavy (non-hydrogen) atoms. The monoisotopic (exact) mass is 222 g/mol. The van der Waals surface area contributed by atoms with Crippen LogP contribution in [0.15, 0.2) is 30.3 Å². The summed E-state index contributed by atoms with van der Waals surface area (Å²) in [5.74, 6) is 0. The van der Waals surface area contributed by atoms with Crippen molar-refractivity contribution in [2.75, 3.05) is 0 Å². The number of hydrogen-bond donors (Lipinski definition) is 2. The van der Waals surface area contributed by atoms with Crippen molar-refractivity contribution >= 4 is 6.09 Å². The Morgan fingerprint density at radius 3 is 2.69 bits per heavy atom. The van der Waals surface area contributed by atoms with Gasteiger partial charge in [-0.3, -0.25) is 0 Å². The van der Waals surface area contributed by atoms with Crippen molar-refractivity contribution in [3.05, 3.63) is 35.9 Å². The highest BCUT2D eigenvalue weighted by molar-refractivity contribution is 5.66. The van der Waals surface area contributed by atoms with E-state index >= 15 is 0 Å². The highest BCUT2D eigenvalue weighted by atomic mass is 16.7. The third-order valence-corrected chi connectivity index (χ3v) is 2.24. The molecule has 0 bridgehead atoms. The molecule has 1 atom stereocenters. The van der Waals surface area contributed by atoms with Gasteiger partial charge in [-0.2, -0.15) is 0 Å². The molecule has 0 fully saturated rings. The summed E-state index contributed by atoms with van der Waals surface area (Å²) >= 11 is 0. The van der Waals surface area contributed by atoms with Crippen molar-refractivity contribution < 1.29 is 9.63 Å². The fourth-order valence-corrected chi connectivity index (χ4v) is 1.04. The predicted octanol–water partition coefficient (Wildman–Crippen LogP) is 2.22. The Morgan fingerprint density at radius 2 is 2.06 bits per heavy atom. The second-order valence-corrected chi connectivity index (χ2v) is 3.66. The van der Waals surface area contributed by atoms with Gasteiger partial charge in [-0.1, -0.05) is 37.3 Å². The normalized spacial score (nSPS) is 11.9. The van der Waals surface area contributed by atoms with Crippen LogP contribution >= 0.6 is 0 Å². The summed E-state index contributed by atoms with van der Waals surface area (Å²) in [6.45, 7) is 4.44. The topological polar surface area (TPSA) is 50.4 Å². The van der Waals surface area contributed by atoms with Gasteiger partial charge in [0.25, 0.3) is 0 Å². The fraction of sp³-hybridized carbons (Fsp3) is 0.417. The molecule has 88 valence electrons. The minimum atomic E-state index is -0.454. The van der Waals surface area contributed by atoms with E-state index in [4.69, 9.17) is 4.84 Å². The highest BCUT2D eigenvalue weighted by Gasteiger charge is 2.04. The third-order valence-electron chi connectivity index (χ3n) is 2.24. The number of nitrogens with one attached hydrogen (secondary N) is 2. The first-order chi connectivity index (χ1) is 7.72. The molecular weight excluding hydrogens is 204 g/mol.